The largest absolute Gasteiger partial charge is 0.246 e. The first-order valence-corrected chi connectivity index (χ1v) is 15.6. The predicted molar refractivity (Wildman–Crippen MR) is 163 cm³/mol. The van der Waals surface area contributed by atoms with Crippen LogP contribution in [-0.4, -0.2) is 35.6 Å². The topological polar surface area (TPSA) is 38.7 Å². The zero-order valence-corrected chi connectivity index (χ0v) is 26.2. The second-order valence-electron chi connectivity index (χ2n) is 13.5. The van der Waals surface area contributed by atoms with E-state index < -0.39 is 15.8 Å². The standard InChI is InChI=1S/C31H45N3P2/c1-28(2,3)35(29(4,5)6)26-20-14-18-24(33-26)22-16-13-17-23(32-22)25-19-15-21-27(34-25)36(30(7,8)9)31(10,11)12/h13-21H,1-12H3. The third kappa shape index (κ3) is 6.79. The molecule has 3 nitrogen and oxygen atoms in total. The van der Waals surface area contributed by atoms with Crippen molar-refractivity contribution in [2.75, 3.05) is 0 Å². The van der Waals surface area contributed by atoms with E-state index in [-0.39, 0.29) is 20.6 Å². The Morgan fingerprint density at radius 3 is 0.917 bits per heavy atom. The summed E-state index contributed by atoms with van der Waals surface area (Å²) in [4.78, 5) is 15.4. The molecular formula is C31H45N3P2. The van der Waals surface area contributed by atoms with Crippen molar-refractivity contribution in [2.24, 2.45) is 0 Å². The lowest BCUT2D eigenvalue weighted by Gasteiger charge is -2.40. The third-order valence-corrected chi connectivity index (χ3v) is 12.7. The molecule has 0 fully saturated rings. The van der Waals surface area contributed by atoms with Gasteiger partial charge in [-0.05, 0) is 72.9 Å². The Morgan fingerprint density at radius 1 is 0.389 bits per heavy atom. The van der Waals surface area contributed by atoms with Gasteiger partial charge in [-0.25, -0.2) is 15.0 Å². The average Bonchev–Trinajstić information content (AvgIpc) is 2.70. The van der Waals surface area contributed by atoms with Gasteiger partial charge in [0.15, 0.2) is 0 Å². The summed E-state index contributed by atoms with van der Waals surface area (Å²) in [5.41, 5.74) is 6.03. The van der Waals surface area contributed by atoms with Gasteiger partial charge < -0.3 is 0 Å². The Bertz CT molecular complexity index is 1070. The molecule has 0 aliphatic heterocycles. The molecule has 3 heterocycles. The SMILES string of the molecule is CC(C)(C)P(c1cccc(-c2cccc(-c3cccc(P(C(C)(C)C)C(C)(C)C)n3)n2)n1)C(C)(C)C. The van der Waals surface area contributed by atoms with E-state index in [0.717, 1.165) is 22.8 Å². The quantitative estimate of drug-likeness (QED) is 0.323. The van der Waals surface area contributed by atoms with Crippen molar-refractivity contribution < 1.29 is 0 Å². The molecule has 0 aliphatic rings. The van der Waals surface area contributed by atoms with Gasteiger partial charge in [0.25, 0.3) is 0 Å². The maximum atomic E-state index is 5.17. The maximum absolute atomic E-state index is 5.17. The van der Waals surface area contributed by atoms with E-state index >= 15 is 0 Å². The van der Waals surface area contributed by atoms with E-state index in [0.29, 0.717) is 0 Å². The van der Waals surface area contributed by atoms with Crippen molar-refractivity contribution in [3.05, 3.63) is 54.6 Å². The lowest BCUT2D eigenvalue weighted by molar-refractivity contribution is 0.713. The number of hydrogen-bond acceptors (Lipinski definition) is 3. The number of hydrogen-bond donors (Lipinski definition) is 0. The summed E-state index contributed by atoms with van der Waals surface area (Å²) in [6.45, 7) is 28.0. The zero-order valence-electron chi connectivity index (χ0n) is 24.4. The Balaban J connectivity index is 2.05. The molecule has 36 heavy (non-hydrogen) atoms. The molecule has 0 radical (unpaired) electrons. The van der Waals surface area contributed by atoms with Crippen LogP contribution in [0.4, 0.5) is 0 Å². The van der Waals surface area contributed by atoms with Gasteiger partial charge in [0, 0.05) is 0 Å². The Kier molecular flexibility index (Phi) is 8.20. The minimum absolute atomic E-state index is 0.164. The number of aromatic nitrogens is 3. The Hall–Kier alpha value is -1.69. The Labute approximate surface area is 222 Å². The molecule has 0 N–H and O–H groups in total. The van der Waals surface area contributed by atoms with Crippen molar-refractivity contribution in [1.29, 1.82) is 0 Å². The first kappa shape index (κ1) is 28.9. The molecule has 0 saturated heterocycles. The van der Waals surface area contributed by atoms with Crippen LogP contribution in [0.3, 0.4) is 0 Å². The first-order valence-electron chi connectivity index (χ1n) is 12.9. The van der Waals surface area contributed by atoms with Crippen molar-refractivity contribution in [2.45, 2.75) is 104 Å². The van der Waals surface area contributed by atoms with Crippen molar-refractivity contribution >= 4 is 26.7 Å². The predicted octanol–water partition coefficient (Wildman–Crippen LogP) is 8.61. The molecule has 0 aliphatic carbocycles. The number of nitrogens with zero attached hydrogens (tertiary/aromatic N) is 3. The summed E-state index contributed by atoms with van der Waals surface area (Å²) in [5, 5.41) is 0.656. The normalized spacial score (nSPS) is 13.5. The molecule has 194 valence electrons. The van der Waals surface area contributed by atoms with Crippen LogP contribution in [0.25, 0.3) is 22.8 Å². The fourth-order valence-electron chi connectivity index (χ4n) is 5.49. The summed E-state index contributed by atoms with van der Waals surface area (Å²) in [6, 6.07) is 19.0. The monoisotopic (exact) mass is 521 g/mol. The molecule has 3 aromatic heterocycles. The molecule has 0 amide bonds. The first-order chi connectivity index (χ1) is 16.4. The van der Waals surface area contributed by atoms with Crippen LogP contribution in [0.5, 0.6) is 0 Å². The summed E-state index contributed by atoms with van der Waals surface area (Å²) in [5.74, 6) is 0. The summed E-state index contributed by atoms with van der Waals surface area (Å²) in [6.07, 6.45) is 0. The van der Waals surface area contributed by atoms with Crippen LogP contribution in [-0.2, 0) is 0 Å². The highest BCUT2D eigenvalue weighted by Gasteiger charge is 2.38. The number of pyridine rings is 3. The van der Waals surface area contributed by atoms with Crippen LogP contribution in [0, 0.1) is 0 Å². The minimum Gasteiger partial charge on any atom is -0.246 e. The van der Waals surface area contributed by atoms with E-state index in [2.05, 4.69) is 138 Å². The van der Waals surface area contributed by atoms with Gasteiger partial charge in [-0.1, -0.05) is 101 Å². The molecular weight excluding hydrogens is 476 g/mol. The average molecular weight is 522 g/mol. The summed E-state index contributed by atoms with van der Waals surface area (Å²) in [7, 11) is -0.958. The van der Waals surface area contributed by atoms with Crippen LogP contribution >= 0.6 is 15.8 Å². The van der Waals surface area contributed by atoms with Crippen molar-refractivity contribution in [1.82, 2.24) is 15.0 Å². The highest BCUT2D eigenvalue weighted by atomic mass is 31.1. The molecule has 0 aromatic carbocycles. The summed E-state index contributed by atoms with van der Waals surface area (Å²) < 4.78 is 0. The molecule has 0 saturated carbocycles. The molecule has 3 rings (SSSR count). The molecule has 0 atom stereocenters. The minimum atomic E-state index is -0.479. The zero-order chi connectivity index (χ0) is 27.1. The smallest absolute Gasteiger partial charge is 0.0894 e. The third-order valence-electron chi connectivity index (χ3n) is 5.88. The molecule has 0 bridgehead atoms. The van der Waals surface area contributed by atoms with Crippen molar-refractivity contribution in [3.8, 4) is 22.8 Å². The molecule has 3 aromatic rings. The van der Waals surface area contributed by atoms with Crippen LogP contribution < -0.4 is 10.9 Å². The van der Waals surface area contributed by atoms with Crippen LogP contribution in [0.1, 0.15) is 83.1 Å². The van der Waals surface area contributed by atoms with Gasteiger partial charge in [0.05, 0.1) is 33.6 Å². The van der Waals surface area contributed by atoms with E-state index in [1.54, 1.807) is 0 Å². The van der Waals surface area contributed by atoms with Crippen LogP contribution in [0.15, 0.2) is 54.6 Å². The lowest BCUT2D eigenvalue weighted by atomic mass is 10.2. The van der Waals surface area contributed by atoms with Gasteiger partial charge in [-0.15, -0.1) is 0 Å². The van der Waals surface area contributed by atoms with E-state index in [9.17, 15) is 0 Å². The van der Waals surface area contributed by atoms with E-state index in [1.165, 1.54) is 10.9 Å². The van der Waals surface area contributed by atoms with Gasteiger partial charge in [0.1, 0.15) is 0 Å². The van der Waals surface area contributed by atoms with Crippen molar-refractivity contribution in [3.63, 3.8) is 0 Å². The van der Waals surface area contributed by atoms with Gasteiger partial charge in [0.2, 0.25) is 0 Å². The number of rotatable bonds is 4. The van der Waals surface area contributed by atoms with E-state index in [4.69, 9.17) is 15.0 Å². The Morgan fingerprint density at radius 2 is 0.639 bits per heavy atom. The summed E-state index contributed by atoms with van der Waals surface area (Å²) >= 11 is 0. The highest BCUT2D eigenvalue weighted by Crippen LogP contribution is 2.58. The van der Waals surface area contributed by atoms with E-state index in [1.807, 2.05) is 0 Å². The van der Waals surface area contributed by atoms with Gasteiger partial charge in [-0.3, -0.25) is 0 Å². The van der Waals surface area contributed by atoms with Crippen LogP contribution in [0.2, 0.25) is 0 Å². The van der Waals surface area contributed by atoms with Gasteiger partial charge >= 0.3 is 0 Å². The fourth-order valence-corrected chi connectivity index (χ4v) is 13.1. The molecule has 5 heteroatoms. The lowest BCUT2D eigenvalue weighted by Crippen LogP contribution is -2.32. The fraction of sp³-hybridized carbons (Fsp3) is 0.516. The molecule has 0 unspecified atom stereocenters. The second-order valence-corrected chi connectivity index (χ2v) is 21.1. The second kappa shape index (κ2) is 10.2. The molecule has 0 spiro atoms. The highest BCUT2D eigenvalue weighted by molar-refractivity contribution is 7.68. The maximum Gasteiger partial charge on any atom is 0.0894 e. The van der Waals surface area contributed by atoms with Gasteiger partial charge in [-0.2, -0.15) is 0 Å².